The summed E-state index contributed by atoms with van der Waals surface area (Å²) < 4.78 is 6.53. The number of benzene rings is 2. The summed E-state index contributed by atoms with van der Waals surface area (Å²) in [4.78, 5) is 14.3. The Morgan fingerprint density at radius 2 is 1.86 bits per heavy atom. The van der Waals surface area contributed by atoms with E-state index in [0.717, 1.165) is 15.2 Å². The van der Waals surface area contributed by atoms with Crippen molar-refractivity contribution in [2.24, 2.45) is 0 Å². The second-order valence-corrected chi connectivity index (χ2v) is 5.26. The fourth-order valence-electron chi connectivity index (χ4n) is 1.97. The average molecular weight is 345 g/mol. The molecule has 0 bridgehead atoms. The Labute approximate surface area is 128 Å². The van der Waals surface area contributed by atoms with Crippen molar-refractivity contribution in [3.05, 3.63) is 69.3 Å². The molecule has 0 atom stereocenters. The summed E-state index contributed by atoms with van der Waals surface area (Å²) in [6.07, 6.45) is 1.46. The zero-order chi connectivity index (χ0) is 14.8. The Balaban J connectivity index is 1.99. The summed E-state index contributed by atoms with van der Waals surface area (Å²) in [6.45, 7) is 0. The van der Waals surface area contributed by atoms with Crippen LogP contribution in [0, 0.1) is 10.1 Å². The van der Waals surface area contributed by atoms with Gasteiger partial charge in [0.05, 0.1) is 4.92 Å². The van der Waals surface area contributed by atoms with E-state index in [1.807, 2.05) is 30.3 Å². The van der Waals surface area contributed by atoms with Gasteiger partial charge in [-0.25, -0.2) is 4.98 Å². The van der Waals surface area contributed by atoms with E-state index in [1.54, 1.807) is 6.07 Å². The molecule has 0 aliphatic heterocycles. The van der Waals surface area contributed by atoms with Crippen LogP contribution < -0.4 is 4.74 Å². The SMILES string of the molecule is O=[N+]([O-])c1cccnc1Oc1ccc2cc(Br)ccc2c1. The van der Waals surface area contributed by atoms with Gasteiger partial charge in [0, 0.05) is 16.7 Å². The van der Waals surface area contributed by atoms with Gasteiger partial charge in [-0.1, -0.05) is 28.1 Å². The van der Waals surface area contributed by atoms with Crippen LogP contribution in [0.25, 0.3) is 10.8 Å². The molecule has 0 fully saturated rings. The van der Waals surface area contributed by atoms with Crippen molar-refractivity contribution >= 4 is 32.4 Å². The maximum absolute atomic E-state index is 10.9. The first-order valence-electron chi connectivity index (χ1n) is 6.10. The van der Waals surface area contributed by atoms with Crippen molar-refractivity contribution in [2.45, 2.75) is 0 Å². The molecule has 0 amide bonds. The maximum atomic E-state index is 10.9. The van der Waals surface area contributed by atoms with Gasteiger partial charge in [0.15, 0.2) is 0 Å². The fourth-order valence-corrected chi connectivity index (χ4v) is 2.35. The lowest BCUT2D eigenvalue weighted by molar-refractivity contribution is -0.386. The van der Waals surface area contributed by atoms with Crippen LogP contribution in [0.4, 0.5) is 5.69 Å². The van der Waals surface area contributed by atoms with Gasteiger partial charge in [-0.3, -0.25) is 10.1 Å². The Morgan fingerprint density at radius 1 is 1.10 bits per heavy atom. The molecule has 3 rings (SSSR count). The van der Waals surface area contributed by atoms with Crippen LogP contribution in [0.3, 0.4) is 0 Å². The number of rotatable bonds is 3. The molecular weight excluding hydrogens is 336 g/mol. The highest BCUT2D eigenvalue weighted by Gasteiger charge is 2.16. The Bertz CT molecular complexity index is 836. The third-order valence-corrected chi connectivity index (χ3v) is 3.43. The standard InChI is InChI=1S/C15H9BrN2O3/c16-12-5-3-11-9-13(6-4-10(11)8-12)21-15-14(18(19)20)2-1-7-17-15/h1-9H. The van der Waals surface area contributed by atoms with E-state index < -0.39 is 4.92 Å². The van der Waals surface area contributed by atoms with Crippen LogP contribution >= 0.6 is 15.9 Å². The summed E-state index contributed by atoms with van der Waals surface area (Å²) in [6, 6.07) is 14.2. The molecule has 0 unspecified atom stereocenters. The minimum absolute atomic E-state index is 0.0149. The number of ether oxygens (including phenoxy) is 1. The number of hydrogen-bond acceptors (Lipinski definition) is 4. The predicted molar refractivity (Wildman–Crippen MR) is 82.6 cm³/mol. The number of halogens is 1. The minimum Gasteiger partial charge on any atom is -0.434 e. The molecule has 6 heteroatoms. The second-order valence-electron chi connectivity index (χ2n) is 4.34. The normalized spacial score (nSPS) is 10.5. The molecular formula is C15H9BrN2O3. The molecule has 21 heavy (non-hydrogen) atoms. The largest absolute Gasteiger partial charge is 0.434 e. The lowest BCUT2D eigenvalue weighted by Crippen LogP contribution is -1.95. The van der Waals surface area contributed by atoms with Crippen molar-refractivity contribution in [3.63, 3.8) is 0 Å². The number of hydrogen-bond donors (Lipinski definition) is 0. The third kappa shape index (κ3) is 2.85. The van der Waals surface area contributed by atoms with E-state index in [-0.39, 0.29) is 11.6 Å². The van der Waals surface area contributed by atoms with Crippen molar-refractivity contribution in [1.82, 2.24) is 4.98 Å². The quantitative estimate of drug-likeness (QED) is 0.510. The summed E-state index contributed by atoms with van der Waals surface area (Å²) in [5.41, 5.74) is -0.159. The van der Waals surface area contributed by atoms with Crippen LogP contribution in [0.2, 0.25) is 0 Å². The van der Waals surface area contributed by atoms with Crippen LogP contribution in [0.15, 0.2) is 59.2 Å². The van der Waals surface area contributed by atoms with Crippen LogP contribution in [-0.2, 0) is 0 Å². The van der Waals surface area contributed by atoms with Crippen LogP contribution in [-0.4, -0.2) is 9.91 Å². The molecule has 0 radical (unpaired) electrons. The zero-order valence-electron chi connectivity index (χ0n) is 10.7. The van der Waals surface area contributed by atoms with Gasteiger partial charge in [0.2, 0.25) is 0 Å². The van der Waals surface area contributed by atoms with E-state index in [0.29, 0.717) is 5.75 Å². The molecule has 0 saturated carbocycles. The van der Waals surface area contributed by atoms with E-state index >= 15 is 0 Å². The maximum Gasteiger partial charge on any atom is 0.331 e. The lowest BCUT2D eigenvalue weighted by Gasteiger charge is -2.06. The van der Waals surface area contributed by atoms with Crippen molar-refractivity contribution in [2.75, 3.05) is 0 Å². The van der Waals surface area contributed by atoms with Gasteiger partial charge in [-0.05, 0) is 41.1 Å². The molecule has 0 N–H and O–H groups in total. The first kappa shape index (κ1) is 13.5. The number of fused-ring (bicyclic) bond motifs is 1. The monoisotopic (exact) mass is 344 g/mol. The van der Waals surface area contributed by atoms with Gasteiger partial charge >= 0.3 is 5.69 Å². The third-order valence-electron chi connectivity index (χ3n) is 2.94. The van der Waals surface area contributed by atoms with Gasteiger partial charge in [0.1, 0.15) is 5.75 Å². The Morgan fingerprint density at radius 3 is 2.67 bits per heavy atom. The smallest absolute Gasteiger partial charge is 0.331 e. The van der Waals surface area contributed by atoms with E-state index in [9.17, 15) is 10.1 Å². The van der Waals surface area contributed by atoms with Crippen molar-refractivity contribution < 1.29 is 9.66 Å². The van der Waals surface area contributed by atoms with Gasteiger partial charge < -0.3 is 4.74 Å². The van der Waals surface area contributed by atoms with Gasteiger partial charge in [0.25, 0.3) is 5.88 Å². The average Bonchev–Trinajstić information content (AvgIpc) is 2.48. The van der Waals surface area contributed by atoms with Crippen molar-refractivity contribution in [1.29, 1.82) is 0 Å². The molecule has 1 aromatic heterocycles. The number of nitro groups is 1. The second kappa shape index (κ2) is 5.49. The van der Waals surface area contributed by atoms with E-state index in [4.69, 9.17) is 4.74 Å². The number of nitrogens with zero attached hydrogens (tertiary/aromatic N) is 2. The highest BCUT2D eigenvalue weighted by Crippen LogP contribution is 2.30. The molecule has 0 aliphatic rings. The molecule has 1 heterocycles. The summed E-state index contributed by atoms with van der Waals surface area (Å²) >= 11 is 3.41. The number of pyridine rings is 1. The highest BCUT2D eigenvalue weighted by molar-refractivity contribution is 9.10. The Hall–Kier alpha value is -2.47. The van der Waals surface area contributed by atoms with E-state index in [1.165, 1.54) is 18.3 Å². The summed E-state index contributed by atoms with van der Waals surface area (Å²) in [7, 11) is 0. The predicted octanol–water partition coefficient (Wildman–Crippen LogP) is 4.70. The lowest BCUT2D eigenvalue weighted by atomic mass is 10.1. The summed E-state index contributed by atoms with van der Waals surface area (Å²) in [5.74, 6) is 0.491. The van der Waals surface area contributed by atoms with Crippen LogP contribution in [0.1, 0.15) is 0 Å². The molecule has 0 saturated heterocycles. The van der Waals surface area contributed by atoms with Crippen LogP contribution in [0.5, 0.6) is 11.6 Å². The van der Waals surface area contributed by atoms with E-state index in [2.05, 4.69) is 20.9 Å². The van der Waals surface area contributed by atoms with Gasteiger partial charge in [-0.2, -0.15) is 0 Å². The summed E-state index contributed by atoms with van der Waals surface area (Å²) in [5, 5.41) is 13.0. The fraction of sp³-hybridized carbons (Fsp3) is 0. The zero-order valence-corrected chi connectivity index (χ0v) is 12.3. The molecule has 104 valence electrons. The van der Waals surface area contributed by atoms with Gasteiger partial charge in [-0.15, -0.1) is 0 Å². The molecule has 2 aromatic carbocycles. The highest BCUT2D eigenvalue weighted by atomic mass is 79.9. The molecule has 0 spiro atoms. The first-order chi connectivity index (χ1) is 10.1. The Kier molecular flexibility index (Phi) is 3.53. The molecule has 3 aromatic rings. The molecule has 0 aliphatic carbocycles. The first-order valence-corrected chi connectivity index (χ1v) is 6.89. The van der Waals surface area contributed by atoms with Crippen molar-refractivity contribution in [3.8, 4) is 11.6 Å². The molecule has 5 nitrogen and oxygen atoms in total. The topological polar surface area (TPSA) is 65.3 Å². The number of aromatic nitrogens is 1. The minimum atomic E-state index is -0.513.